The number of rotatable bonds is 7. The Morgan fingerprint density at radius 3 is 2.44 bits per heavy atom. The van der Waals surface area contributed by atoms with E-state index in [4.69, 9.17) is 4.74 Å². The molecule has 2 aromatic carbocycles. The Morgan fingerprint density at radius 2 is 1.78 bits per heavy atom. The van der Waals surface area contributed by atoms with Crippen molar-refractivity contribution in [3.63, 3.8) is 0 Å². The summed E-state index contributed by atoms with van der Waals surface area (Å²) < 4.78 is 5.04. The van der Waals surface area contributed by atoms with E-state index in [1.807, 2.05) is 51.2 Å². The zero-order chi connectivity index (χ0) is 26.0. The van der Waals surface area contributed by atoms with E-state index in [1.54, 1.807) is 17.0 Å². The molecular weight excluding hydrogens is 458 g/mol. The van der Waals surface area contributed by atoms with Crippen LogP contribution in [-0.4, -0.2) is 46.2 Å². The molecule has 188 valence electrons. The van der Waals surface area contributed by atoms with Crippen molar-refractivity contribution in [1.29, 1.82) is 0 Å². The van der Waals surface area contributed by atoms with E-state index >= 15 is 0 Å². The average molecular weight is 490 g/mol. The van der Waals surface area contributed by atoms with Crippen molar-refractivity contribution < 1.29 is 23.9 Å². The van der Waals surface area contributed by atoms with Crippen LogP contribution in [0.25, 0.3) is 10.9 Å². The second-order valence-corrected chi connectivity index (χ2v) is 10.3. The number of nitrogens with one attached hydrogen (secondary N) is 1. The van der Waals surface area contributed by atoms with Crippen LogP contribution in [0, 0.1) is 5.41 Å². The summed E-state index contributed by atoms with van der Waals surface area (Å²) in [7, 11) is 0. The molecule has 8 heteroatoms. The van der Waals surface area contributed by atoms with Gasteiger partial charge in [0.15, 0.2) is 0 Å². The van der Waals surface area contributed by atoms with Crippen LogP contribution >= 0.6 is 0 Å². The first-order valence-corrected chi connectivity index (χ1v) is 12.0. The number of H-pyrrole nitrogens is 1. The molecule has 3 amide bonds. The number of carbonyl (C=O) groups excluding carboxylic acids is 4. The van der Waals surface area contributed by atoms with Crippen molar-refractivity contribution in [3.05, 3.63) is 60.3 Å². The summed E-state index contributed by atoms with van der Waals surface area (Å²) in [5, 5.41) is 1.07. The van der Waals surface area contributed by atoms with Gasteiger partial charge in [-0.25, -0.2) is 4.90 Å². The summed E-state index contributed by atoms with van der Waals surface area (Å²) in [6.45, 7) is 7.54. The molecule has 1 unspecified atom stereocenters. The molecule has 0 saturated carbocycles. The Balaban J connectivity index is 1.57. The first-order valence-electron chi connectivity index (χ1n) is 12.0. The van der Waals surface area contributed by atoms with Gasteiger partial charge < -0.3 is 14.6 Å². The minimum Gasteiger partial charge on any atom is -0.427 e. The number of nitrogens with zero attached hydrogens (tertiary/aromatic N) is 2. The number of imide groups is 1. The van der Waals surface area contributed by atoms with Gasteiger partial charge in [0.25, 0.3) is 5.91 Å². The summed E-state index contributed by atoms with van der Waals surface area (Å²) >= 11 is 0. The first-order chi connectivity index (χ1) is 17.0. The van der Waals surface area contributed by atoms with E-state index < -0.39 is 17.9 Å². The molecule has 2 heterocycles. The van der Waals surface area contributed by atoms with Crippen molar-refractivity contribution in [1.82, 2.24) is 9.88 Å². The summed E-state index contributed by atoms with van der Waals surface area (Å²) in [5.41, 5.74) is 2.17. The number of aromatic nitrogens is 1. The highest BCUT2D eigenvalue weighted by Gasteiger charge is 2.44. The quantitative estimate of drug-likeness (QED) is 0.304. The Labute approximate surface area is 210 Å². The van der Waals surface area contributed by atoms with Crippen LogP contribution in [0.4, 0.5) is 5.69 Å². The zero-order valence-corrected chi connectivity index (χ0v) is 21.0. The molecule has 0 radical (unpaired) electrons. The molecule has 1 aliphatic rings. The van der Waals surface area contributed by atoms with Crippen LogP contribution in [-0.2, 0) is 25.6 Å². The summed E-state index contributed by atoms with van der Waals surface area (Å²) in [5.74, 6) is -1.09. The Bertz CT molecular complexity index is 1300. The van der Waals surface area contributed by atoms with Gasteiger partial charge in [-0.3, -0.25) is 19.2 Å². The number of carbonyl (C=O) groups is 4. The van der Waals surface area contributed by atoms with Gasteiger partial charge in [0.2, 0.25) is 11.8 Å². The van der Waals surface area contributed by atoms with E-state index in [0.717, 1.165) is 21.4 Å². The molecule has 1 N–H and O–H groups in total. The lowest BCUT2D eigenvalue weighted by molar-refractivity contribution is -0.139. The molecule has 0 aliphatic carbocycles. The first kappa shape index (κ1) is 25.2. The van der Waals surface area contributed by atoms with E-state index in [0.29, 0.717) is 24.4 Å². The molecular formula is C28H31N3O5. The molecule has 36 heavy (non-hydrogen) atoms. The summed E-state index contributed by atoms with van der Waals surface area (Å²) in [4.78, 5) is 56.9. The van der Waals surface area contributed by atoms with Gasteiger partial charge in [-0.2, -0.15) is 0 Å². The minimum atomic E-state index is -0.870. The number of anilines is 1. The molecule has 3 aromatic rings. The fourth-order valence-electron chi connectivity index (χ4n) is 4.55. The lowest BCUT2D eigenvalue weighted by Crippen LogP contribution is -2.47. The highest BCUT2D eigenvalue weighted by atomic mass is 16.5. The van der Waals surface area contributed by atoms with Crippen LogP contribution in [0.15, 0.2) is 54.7 Å². The Hall–Kier alpha value is -3.94. The number of amides is 3. The van der Waals surface area contributed by atoms with Gasteiger partial charge in [-0.05, 0) is 47.7 Å². The van der Waals surface area contributed by atoms with Crippen LogP contribution in [0.1, 0.15) is 46.1 Å². The largest absolute Gasteiger partial charge is 0.427 e. The summed E-state index contributed by atoms with van der Waals surface area (Å²) in [6.07, 6.45) is 2.66. The number of aromatic amines is 1. The number of esters is 1. The molecule has 1 atom stereocenters. The molecule has 1 fully saturated rings. The van der Waals surface area contributed by atoms with E-state index in [-0.39, 0.29) is 30.1 Å². The smallest absolute Gasteiger partial charge is 0.308 e. The fourth-order valence-corrected chi connectivity index (χ4v) is 4.55. The van der Waals surface area contributed by atoms with Crippen molar-refractivity contribution in [3.8, 4) is 5.75 Å². The van der Waals surface area contributed by atoms with Gasteiger partial charge in [-0.15, -0.1) is 0 Å². The molecule has 4 rings (SSSR count). The Morgan fingerprint density at radius 1 is 1.08 bits per heavy atom. The maximum Gasteiger partial charge on any atom is 0.308 e. The number of para-hydroxylation sites is 1. The van der Waals surface area contributed by atoms with Crippen LogP contribution in [0.2, 0.25) is 0 Å². The van der Waals surface area contributed by atoms with Gasteiger partial charge >= 0.3 is 5.97 Å². The lowest BCUT2D eigenvalue weighted by Gasteiger charge is -2.30. The monoisotopic (exact) mass is 489 g/mol. The molecule has 1 aromatic heterocycles. The Kier molecular flexibility index (Phi) is 6.97. The van der Waals surface area contributed by atoms with Gasteiger partial charge in [0.1, 0.15) is 11.8 Å². The normalized spacial score (nSPS) is 16.0. The molecule has 0 spiro atoms. The molecule has 1 aliphatic heterocycles. The molecule has 1 saturated heterocycles. The van der Waals surface area contributed by atoms with Crippen molar-refractivity contribution in [2.24, 2.45) is 5.41 Å². The molecule has 0 bridgehead atoms. The standard InChI is InChI=1S/C28H31N3O5/c1-18(32)36-21-11-9-20(10-12-21)31-25(33)15-24(27(31)35)30(26(34)16-28(2,3)4)14-13-19-17-29-23-8-6-5-7-22(19)23/h5-12,17,24,29H,13-16H2,1-4H3. The predicted molar refractivity (Wildman–Crippen MR) is 136 cm³/mol. The van der Waals surface area contributed by atoms with Crippen LogP contribution in [0.5, 0.6) is 5.75 Å². The van der Waals surface area contributed by atoms with Crippen LogP contribution in [0.3, 0.4) is 0 Å². The third-order valence-corrected chi connectivity index (χ3v) is 6.15. The maximum absolute atomic E-state index is 13.5. The highest BCUT2D eigenvalue weighted by Crippen LogP contribution is 2.30. The van der Waals surface area contributed by atoms with Crippen molar-refractivity contribution >= 4 is 40.3 Å². The van der Waals surface area contributed by atoms with Gasteiger partial charge in [-0.1, -0.05) is 39.0 Å². The lowest BCUT2D eigenvalue weighted by atomic mass is 9.91. The van der Waals surface area contributed by atoms with E-state index in [9.17, 15) is 19.2 Å². The topological polar surface area (TPSA) is 99.8 Å². The third kappa shape index (κ3) is 5.48. The van der Waals surface area contributed by atoms with Crippen molar-refractivity contribution in [2.45, 2.75) is 53.0 Å². The minimum absolute atomic E-state index is 0.0751. The zero-order valence-electron chi connectivity index (χ0n) is 21.0. The van der Waals surface area contributed by atoms with Gasteiger partial charge in [0.05, 0.1) is 12.1 Å². The SMILES string of the molecule is CC(=O)Oc1ccc(N2C(=O)CC(N(CCc3c[nH]c4ccccc34)C(=O)CC(C)(C)C)C2=O)cc1. The number of benzene rings is 2. The number of fused-ring (bicyclic) bond motifs is 1. The predicted octanol–water partition coefficient (Wildman–Crippen LogP) is 4.23. The van der Waals surface area contributed by atoms with E-state index in [1.165, 1.54) is 19.1 Å². The second kappa shape index (κ2) is 9.97. The van der Waals surface area contributed by atoms with Crippen molar-refractivity contribution in [2.75, 3.05) is 11.4 Å². The highest BCUT2D eigenvalue weighted by molar-refractivity contribution is 6.23. The second-order valence-electron chi connectivity index (χ2n) is 10.3. The third-order valence-electron chi connectivity index (χ3n) is 6.15. The fraction of sp³-hybridized carbons (Fsp3) is 0.357. The van der Waals surface area contributed by atoms with E-state index in [2.05, 4.69) is 4.98 Å². The maximum atomic E-state index is 13.5. The number of hydrogen-bond acceptors (Lipinski definition) is 5. The number of hydrogen-bond donors (Lipinski definition) is 1. The van der Waals surface area contributed by atoms with Gasteiger partial charge in [0, 0.05) is 37.0 Å². The van der Waals surface area contributed by atoms with Crippen LogP contribution < -0.4 is 9.64 Å². The average Bonchev–Trinajstić information content (AvgIpc) is 3.33. The molecule has 8 nitrogen and oxygen atoms in total. The summed E-state index contributed by atoms with van der Waals surface area (Å²) in [6, 6.07) is 13.2. The number of ether oxygens (including phenoxy) is 1.